The molecule has 2 rings (SSSR count). The van der Waals surface area contributed by atoms with E-state index >= 15 is 0 Å². The summed E-state index contributed by atoms with van der Waals surface area (Å²) in [5.41, 5.74) is -0.393. The third-order valence-electron chi connectivity index (χ3n) is 3.73. The van der Waals surface area contributed by atoms with E-state index in [4.69, 9.17) is 4.74 Å². The molecule has 1 aliphatic carbocycles. The Bertz CT molecular complexity index is 202. The maximum atomic E-state index is 10.3. The summed E-state index contributed by atoms with van der Waals surface area (Å²) >= 11 is 0. The number of β-amino-alcohol motifs (C(OH)–C–C–N with tert-alkyl or cyclic N) is 1. The van der Waals surface area contributed by atoms with Crippen molar-refractivity contribution in [1.29, 1.82) is 0 Å². The van der Waals surface area contributed by atoms with Gasteiger partial charge in [0.2, 0.25) is 0 Å². The number of nitrogens with zero attached hydrogens (tertiary/aromatic N) is 1. The van der Waals surface area contributed by atoms with Crippen molar-refractivity contribution < 1.29 is 9.84 Å². The van der Waals surface area contributed by atoms with E-state index in [-0.39, 0.29) is 0 Å². The first-order valence-corrected chi connectivity index (χ1v) is 6.28. The Kier molecular flexibility index (Phi) is 3.65. The van der Waals surface area contributed by atoms with Crippen molar-refractivity contribution in [3.8, 4) is 0 Å². The predicted molar refractivity (Wildman–Crippen MR) is 59.9 cm³/mol. The highest BCUT2D eigenvalue weighted by molar-refractivity contribution is 4.88. The lowest BCUT2D eigenvalue weighted by molar-refractivity contribution is -0.0631. The molecule has 1 atom stereocenters. The lowest BCUT2D eigenvalue weighted by Gasteiger charge is -2.37. The summed E-state index contributed by atoms with van der Waals surface area (Å²) < 4.78 is 5.63. The molecule has 1 saturated heterocycles. The minimum Gasteiger partial charge on any atom is -0.389 e. The Hall–Kier alpha value is -0.120. The Morgan fingerprint density at radius 1 is 1.40 bits per heavy atom. The van der Waals surface area contributed by atoms with Crippen molar-refractivity contribution in [2.24, 2.45) is 0 Å². The van der Waals surface area contributed by atoms with E-state index in [0.29, 0.717) is 6.10 Å². The average Bonchev–Trinajstić information content (AvgIpc) is 2.65. The van der Waals surface area contributed by atoms with Crippen LogP contribution in [0.25, 0.3) is 0 Å². The predicted octanol–water partition coefficient (Wildman–Crippen LogP) is 1.40. The van der Waals surface area contributed by atoms with Crippen LogP contribution >= 0.6 is 0 Å². The van der Waals surface area contributed by atoms with Crippen LogP contribution in [0, 0.1) is 0 Å². The Labute approximate surface area is 92.4 Å². The summed E-state index contributed by atoms with van der Waals surface area (Å²) in [6.45, 7) is 5.83. The highest BCUT2D eigenvalue weighted by atomic mass is 16.5. The van der Waals surface area contributed by atoms with Crippen LogP contribution < -0.4 is 0 Å². The number of aliphatic hydroxyl groups is 1. The summed E-state index contributed by atoms with van der Waals surface area (Å²) in [4.78, 5) is 2.38. The second-order valence-corrected chi connectivity index (χ2v) is 5.07. The molecule has 1 heterocycles. The van der Waals surface area contributed by atoms with Crippen molar-refractivity contribution in [1.82, 2.24) is 4.90 Å². The zero-order valence-electron chi connectivity index (χ0n) is 9.74. The van der Waals surface area contributed by atoms with Crippen LogP contribution in [0.2, 0.25) is 0 Å². The van der Waals surface area contributed by atoms with Gasteiger partial charge in [0.1, 0.15) is 0 Å². The first kappa shape index (κ1) is 11.4. The third-order valence-corrected chi connectivity index (χ3v) is 3.73. The minimum atomic E-state index is -0.393. The molecule has 0 aromatic carbocycles. The van der Waals surface area contributed by atoms with Gasteiger partial charge in [-0.05, 0) is 19.3 Å². The van der Waals surface area contributed by atoms with Crippen LogP contribution in [-0.2, 0) is 4.74 Å². The first-order chi connectivity index (χ1) is 7.22. The molecule has 1 saturated carbocycles. The van der Waals surface area contributed by atoms with Gasteiger partial charge in [-0.3, -0.25) is 4.90 Å². The molecule has 1 aliphatic heterocycles. The van der Waals surface area contributed by atoms with Gasteiger partial charge < -0.3 is 9.84 Å². The van der Waals surface area contributed by atoms with Gasteiger partial charge in [0.05, 0.1) is 18.3 Å². The molecule has 3 heteroatoms. The summed E-state index contributed by atoms with van der Waals surface area (Å²) in [5.74, 6) is 0. The van der Waals surface area contributed by atoms with Crippen LogP contribution in [0.4, 0.5) is 0 Å². The van der Waals surface area contributed by atoms with Gasteiger partial charge in [-0.15, -0.1) is 0 Å². The Balaban J connectivity index is 1.83. The zero-order valence-corrected chi connectivity index (χ0v) is 9.74. The molecule has 0 spiro atoms. The number of morpholine rings is 1. The normalized spacial score (nSPS) is 32.0. The fourth-order valence-electron chi connectivity index (χ4n) is 2.78. The van der Waals surface area contributed by atoms with Crippen molar-refractivity contribution in [3.05, 3.63) is 0 Å². The fraction of sp³-hybridized carbons (Fsp3) is 1.00. The molecule has 0 amide bonds. The molecule has 15 heavy (non-hydrogen) atoms. The number of hydrogen-bond donors (Lipinski definition) is 1. The van der Waals surface area contributed by atoms with Gasteiger partial charge in [-0.25, -0.2) is 0 Å². The van der Waals surface area contributed by atoms with E-state index in [2.05, 4.69) is 11.8 Å². The summed E-state index contributed by atoms with van der Waals surface area (Å²) in [7, 11) is 0. The highest BCUT2D eigenvalue weighted by Crippen LogP contribution is 2.30. The van der Waals surface area contributed by atoms with E-state index in [1.807, 2.05) is 0 Å². The van der Waals surface area contributed by atoms with Gasteiger partial charge in [0.15, 0.2) is 0 Å². The molecule has 3 nitrogen and oxygen atoms in total. The van der Waals surface area contributed by atoms with Gasteiger partial charge >= 0.3 is 0 Å². The minimum absolute atomic E-state index is 0.378. The van der Waals surface area contributed by atoms with E-state index in [1.165, 1.54) is 12.8 Å². The molecule has 1 N–H and O–H groups in total. The summed E-state index contributed by atoms with van der Waals surface area (Å²) in [6, 6.07) is 0. The lowest BCUT2D eigenvalue weighted by atomic mass is 10.0. The van der Waals surface area contributed by atoms with E-state index in [0.717, 1.165) is 45.5 Å². The second kappa shape index (κ2) is 4.81. The molecule has 0 aromatic rings. The molecular formula is C12H23NO2. The van der Waals surface area contributed by atoms with Gasteiger partial charge in [0.25, 0.3) is 0 Å². The summed E-state index contributed by atoms with van der Waals surface area (Å²) in [6.07, 6.45) is 5.82. The monoisotopic (exact) mass is 213 g/mol. The molecule has 0 radical (unpaired) electrons. The molecule has 2 aliphatic rings. The first-order valence-electron chi connectivity index (χ1n) is 6.28. The van der Waals surface area contributed by atoms with Gasteiger partial charge in [-0.1, -0.05) is 19.8 Å². The number of rotatable bonds is 3. The molecule has 2 fully saturated rings. The Morgan fingerprint density at radius 2 is 2.13 bits per heavy atom. The van der Waals surface area contributed by atoms with Gasteiger partial charge in [0, 0.05) is 19.6 Å². The number of hydrogen-bond acceptors (Lipinski definition) is 3. The smallest absolute Gasteiger partial charge is 0.0774 e. The van der Waals surface area contributed by atoms with E-state index < -0.39 is 5.60 Å². The number of ether oxygens (including phenoxy) is 1. The van der Waals surface area contributed by atoms with Gasteiger partial charge in [-0.2, -0.15) is 0 Å². The summed E-state index contributed by atoms with van der Waals surface area (Å²) in [5, 5.41) is 10.3. The maximum Gasteiger partial charge on any atom is 0.0774 e. The third kappa shape index (κ3) is 2.92. The second-order valence-electron chi connectivity index (χ2n) is 5.07. The molecule has 1 unspecified atom stereocenters. The lowest BCUT2D eigenvalue weighted by Crippen LogP contribution is -2.49. The van der Waals surface area contributed by atoms with Crippen LogP contribution in [0.1, 0.15) is 39.0 Å². The van der Waals surface area contributed by atoms with E-state index in [9.17, 15) is 5.11 Å². The SMILES string of the molecule is CCC1CN(CC2(O)CCCC2)CCO1. The van der Waals surface area contributed by atoms with Crippen LogP contribution in [0.5, 0.6) is 0 Å². The molecule has 88 valence electrons. The molecule has 0 bridgehead atoms. The van der Waals surface area contributed by atoms with Crippen molar-refractivity contribution in [2.45, 2.75) is 50.7 Å². The quantitative estimate of drug-likeness (QED) is 0.769. The van der Waals surface area contributed by atoms with Crippen LogP contribution in [0.15, 0.2) is 0 Å². The largest absolute Gasteiger partial charge is 0.389 e. The van der Waals surface area contributed by atoms with E-state index in [1.54, 1.807) is 0 Å². The average molecular weight is 213 g/mol. The Morgan fingerprint density at radius 3 is 2.80 bits per heavy atom. The van der Waals surface area contributed by atoms with Crippen LogP contribution in [-0.4, -0.2) is 48.0 Å². The highest BCUT2D eigenvalue weighted by Gasteiger charge is 2.34. The standard InChI is InChI=1S/C12H23NO2/c1-2-11-9-13(7-8-15-11)10-12(14)5-3-4-6-12/h11,14H,2-10H2,1H3. The van der Waals surface area contributed by atoms with Crippen LogP contribution in [0.3, 0.4) is 0 Å². The van der Waals surface area contributed by atoms with Crippen molar-refractivity contribution in [2.75, 3.05) is 26.2 Å². The fourth-order valence-corrected chi connectivity index (χ4v) is 2.78. The maximum absolute atomic E-state index is 10.3. The molecular weight excluding hydrogens is 190 g/mol. The van der Waals surface area contributed by atoms with Crippen molar-refractivity contribution >= 4 is 0 Å². The topological polar surface area (TPSA) is 32.7 Å². The molecule has 0 aromatic heterocycles. The zero-order chi connectivity index (χ0) is 10.7. The van der Waals surface area contributed by atoms with Crippen molar-refractivity contribution in [3.63, 3.8) is 0 Å².